The zero-order chi connectivity index (χ0) is 31.4. The molecule has 2 aromatic heterocycles. The molecule has 1 saturated heterocycles. The van der Waals surface area contributed by atoms with Crippen molar-refractivity contribution in [1.29, 1.82) is 0 Å². The summed E-state index contributed by atoms with van der Waals surface area (Å²) in [6.07, 6.45) is -6.00. The molecule has 0 saturated carbocycles. The maximum atomic E-state index is 13.7. The van der Waals surface area contributed by atoms with E-state index < -0.39 is 67.5 Å². The van der Waals surface area contributed by atoms with Gasteiger partial charge in [-0.3, -0.25) is 4.79 Å². The largest absolute Gasteiger partial charge is 0.404 e. The molecule has 0 aliphatic carbocycles. The Bertz CT molecular complexity index is 1610. The molecule has 9 nitrogen and oxygen atoms in total. The van der Waals surface area contributed by atoms with E-state index in [0.29, 0.717) is 6.92 Å². The molecule has 1 aromatic carbocycles. The van der Waals surface area contributed by atoms with E-state index in [4.69, 9.17) is 27.7 Å². The van der Waals surface area contributed by atoms with Gasteiger partial charge in [0.25, 0.3) is 11.8 Å². The zero-order valence-corrected chi connectivity index (χ0v) is 25.2. The number of thiazole rings is 1. The van der Waals surface area contributed by atoms with Crippen LogP contribution in [-0.4, -0.2) is 65.7 Å². The molecule has 4 rings (SSSR count). The number of alkyl halides is 5. The summed E-state index contributed by atoms with van der Waals surface area (Å²) in [4.78, 5) is 18.4. The van der Waals surface area contributed by atoms with E-state index in [1.54, 1.807) is 0 Å². The van der Waals surface area contributed by atoms with Crippen LogP contribution in [0.4, 0.5) is 22.0 Å². The highest BCUT2D eigenvalue weighted by atomic mass is 35.5. The molecule has 2 N–H and O–H groups in total. The summed E-state index contributed by atoms with van der Waals surface area (Å²) in [7, 11) is -4.79. The first-order valence-electron chi connectivity index (χ1n) is 12.2. The highest BCUT2D eigenvalue weighted by molar-refractivity contribution is 7.89. The van der Waals surface area contributed by atoms with Gasteiger partial charge in [0.15, 0.2) is 5.76 Å². The topological polar surface area (TPSA) is 126 Å². The molecule has 0 radical (unpaired) electrons. The number of amides is 1. The highest BCUT2D eigenvalue weighted by Gasteiger charge is 2.40. The average Bonchev–Trinajstić information content (AvgIpc) is 3.52. The number of nitrogens with one attached hydrogen (secondary N) is 1. The molecule has 18 heteroatoms. The summed E-state index contributed by atoms with van der Waals surface area (Å²) >= 11 is 13.5. The van der Waals surface area contributed by atoms with Crippen molar-refractivity contribution < 1.29 is 44.8 Å². The molecular weight excluding hydrogens is 654 g/mol. The molecule has 42 heavy (non-hydrogen) atoms. The lowest BCUT2D eigenvalue weighted by Crippen LogP contribution is -2.43. The molecule has 1 fully saturated rings. The van der Waals surface area contributed by atoms with Crippen LogP contribution >= 0.6 is 34.5 Å². The quantitative estimate of drug-likeness (QED) is 0.290. The number of hydrogen-bond acceptors (Lipinski definition) is 8. The predicted octanol–water partition coefficient (Wildman–Crippen LogP) is 6.10. The number of aromatic nitrogens is 2. The first-order valence-corrected chi connectivity index (χ1v) is 15.2. The Balaban J connectivity index is 1.80. The van der Waals surface area contributed by atoms with Gasteiger partial charge >= 0.3 is 6.18 Å². The summed E-state index contributed by atoms with van der Waals surface area (Å²) in [5, 5.41) is 13.2. The smallest absolute Gasteiger partial charge is 0.382 e. The van der Waals surface area contributed by atoms with Crippen LogP contribution in [0.1, 0.15) is 49.9 Å². The number of nitrogens with zero attached hydrogens (tertiary/aromatic N) is 3. The number of carbonyl (C=O) groups is 1. The van der Waals surface area contributed by atoms with Crippen molar-refractivity contribution in [2.24, 2.45) is 0 Å². The normalized spacial score (nSPS) is 17.0. The monoisotopic (exact) mass is 676 g/mol. The molecule has 1 atom stereocenters. The summed E-state index contributed by atoms with van der Waals surface area (Å²) in [6.45, 7) is 2.99. The van der Waals surface area contributed by atoms with Crippen LogP contribution in [0.5, 0.6) is 0 Å². The van der Waals surface area contributed by atoms with E-state index in [-0.39, 0.29) is 45.7 Å². The van der Waals surface area contributed by atoms with Crippen molar-refractivity contribution in [3.05, 3.63) is 39.7 Å². The van der Waals surface area contributed by atoms with Gasteiger partial charge < -0.3 is 14.5 Å². The second-order valence-corrected chi connectivity index (χ2v) is 13.5. The van der Waals surface area contributed by atoms with Gasteiger partial charge in [-0.1, -0.05) is 34.4 Å². The molecule has 3 heterocycles. The number of rotatable bonds is 7. The Morgan fingerprint density at radius 3 is 2.36 bits per heavy atom. The Labute approximate surface area is 250 Å². The van der Waals surface area contributed by atoms with Crippen LogP contribution in [0.25, 0.3) is 21.1 Å². The molecule has 1 aliphatic heterocycles. The van der Waals surface area contributed by atoms with E-state index in [2.05, 4.69) is 10.1 Å². The minimum absolute atomic E-state index is 0.00475. The molecule has 3 aromatic rings. The van der Waals surface area contributed by atoms with Crippen LogP contribution in [0.2, 0.25) is 10.0 Å². The lowest BCUT2D eigenvalue weighted by Gasteiger charge is -2.31. The van der Waals surface area contributed by atoms with E-state index in [0.717, 1.165) is 23.5 Å². The summed E-state index contributed by atoms with van der Waals surface area (Å²) in [5.74, 6) is -3.58. The number of benzene rings is 1. The molecule has 0 unspecified atom stereocenters. The third kappa shape index (κ3) is 6.73. The van der Waals surface area contributed by atoms with E-state index in [1.807, 2.05) is 0 Å². The summed E-state index contributed by atoms with van der Waals surface area (Å²) in [5.41, 5.74) is -1.51. The molecular formula is C24H23Cl2F5N4O5S2. The fraction of sp³-hybridized carbons (Fsp3) is 0.458. The highest BCUT2D eigenvalue weighted by Crippen LogP contribution is 2.44. The second kappa shape index (κ2) is 11.3. The van der Waals surface area contributed by atoms with Gasteiger partial charge in [-0.25, -0.2) is 22.2 Å². The lowest BCUT2D eigenvalue weighted by molar-refractivity contribution is -0.147. The van der Waals surface area contributed by atoms with Crippen molar-refractivity contribution in [3.63, 3.8) is 0 Å². The van der Waals surface area contributed by atoms with Crippen LogP contribution in [0, 0.1) is 0 Å². The number of hydrogen-bond donors (Lipinski definition) is 2. The Hall–Kier alpha value is -2.37. The SMILES string of the molecule is C[C@H](NS(=O)(=O)c1ccc(-c2sc(-c3cc(C(C)(C)O)on3)nc2C(=O)N2CCC(F)(F)CC2)c(Cl)c1Cl)C(F)(F)F. The predicted molar refractivity (Wildman–Crippen MR) is 144 cm³/mol. The zero-order valence-electron chi connectivity index (χ0n) is 22.0. The van der Waals surface area contributed by atoms with Crippen molar-refractivity contribution in [2.75, 3.05) is 13.1 Å². The van der Waals surface area contributed by atoms with Gasteiger partial charge in [-0.05, 0) is 26.8 Å². The van der Waals surface area contributed by atoms with Crippen molar-refractivity contribution in [1.82, 2.24) is 19.8 Å². The lowest BCUT2D eigenvalue weighted by atomic mass is 10.1. The van der Waals surface area contributed by atoms with Crippen LogP contribution in [0.3, 0.4) is 0 Å². The second-order valence-electron chi connectivity index (χ2n) is 10.1. The van der Waals surface area contributed by atoms with Crippen LogP contribution in [-0.2, 0) is 15.6 Å². The van der Waals surface area contributed by atoms with Gasteiger partial charge in [-0.2, -0.15) is 17.9 Å². The Morgan fingerprint density at radius 1 is 1.19 bits per heavy atom. The van der Waals surface area contributed by atoms with Crippen molar-refractivity contribution in [2.45, 2.75) is 62.3 Å². The van der Waals surface area contributed by atoms with Crippen molar-refractivity contribution in [3.8, 4) is 21.1 Å². The van der Waals surface area contributed by atoms with E-state index in [9.17, 15) is 40.3 Å². The Morgan fingerprint density at radius 2 is 1.81 bits per heavy atom. The third-order valence-electron chi connectivity index (χ3n) is 6.35. The maximum Gasteiger partial charge on any atom is 0.404 e. The van der Waals surface area contributed by atoms with E-state index in [1.165, 1.54) is 29.5 Å². The fourth-order valence-electron chi connectivity index (χ4n) is 3.89. The van der Waals surface area contributed by atoms with Gasteiger partial charge in [0.2, 0.25) is 10.0 Å². The number of likely N-dealkylation sites (tertiary alicyclic amines) is 1. The number of halogens is 7. The molecule has 1 aliphatic rings. The Kier molecular flexibility index (Phi) is 8.74. The molecule has 0 spiro atoms. The first kappa shape index (κ1) is 32.5. The minimum Gasteiger partial charge on any atom is -0.382 e. The van der Waals surface area contributed by atoms with Crippen molar-refractivity contribution >= 4 is 50.5 Å². The van der Waals surface area contributed by atoms with Crippen LogP contribution < -0.4 is 4.72 Å². The molecule has 1 amide bonds. The van der Waals surface area contributed by atoms with E-state index >= 15 is 0 Å². The maximum absolute atomic E-state index is 13.7. The fourth-order valence-corrected chi connectivity index (χ4v) is 7.08. The number of sulfonamides is 1. The summed E-state index contributed by atoms with van der Waals surface area (Å²) < 4.78 is 98.5. The van der Waals surface area contributed by atoms with Gasteiger partial charge in [0, 0.05) is 37.6 Å². The number of carbonyl (C=O) groups excluding carboxylic acids is 1. The molecule has 230 valence electrons. The first-order chi connectivity index (χ1) is 19.2. The standard InChI is InChI=1S/C24H23Cl2F5N4O5S2/c1-11(24(29,30)31)34-42(38,39)14-5-4-12(16(25)17(14)26)19-18(21(36)35-8-6-23(27,28)7-9-35)32-20(41-19)13-10-15(40-33-13)22(2,3)37/h4-5,10-11,34,37H,6-9H2,1-3H3/t11-/m0/s1. The average molecular weight is 678 g/mol. The number of aliphatic hydroxyl groups is 1. The van der Waals surface area contributed by atoms with Gasteiger partial charge in [0.05, 0.1) is 14.9 Å². The molecule has 0 bridgehead atoms. The van der Waals surface area contributed by atoms with Crippen LogP contribution in [0.15, 0.2) is 27.6 Å². The number of piperidine rings is 1. The third-order valence-corrected chi connectivity index (χ3v) is 10.0. The summed E-state index contributed by atoms with van der Waals surface area (Å²) in [6, 6.07) is 1.02. The minimum atomic E-state index is -4.87. The van der Waals surface area contributed by atoms with Gasteiger partial charge in [0.1, 0.15) is 32.9 Å². The van der Waals surface area contributed by atoms with Gasteiger partial charge in [-0.15, -0.1) is 11.3 Å².